The normalized spacial score (nSPS) is 9.94. The summed E-state index contributed by atoms with van der Waals surface area (Å²) < 4.78 is 4.66. The molecule has 1 aromatic rings. The highest BCUT2D eigenvalue weighted by Gasteiger charge is 2.11. The van der Waals surface area contributed by atoms with E-state index < -0.39 is 5.97 Å². The third kappa shape index (κ3) is 3.85. The molecule has 2 N–H and O–H groups in total. The van der Waals surface area contributed by atoms with Gasteiger partial charge in [0.05, 0.1) is 12.7 Å². The minimum Gasteiger partial charge on any atom is -0.465 e. The van der Waals surface area contributed by atoms with Crippen LogP contribution in [0.3, 0.4) is 0 Å². The van der Waals surface area contributed by atoms with Crippen LogP contribution in [0, 0.1) is 6.92 Å². The zero-order valence-electron chi connectivity index (χ0n) is 10.5. The highest BCUT2D eigenvalue weighted by molar-refractivity contribution is 5.95. The fourth-order valence-electron chi connectivity index (χ4n) is 1.49. The number of ether oxygens (including phenoxy) is 1. The largest absolute Gasteiger partial charge is 0.465 e. The zero-order valence-corrected chi connectivity index (χ0v) is 10.5. The van der Waals surface area contributed by atoms with Gasteiger partial charge in [-0.15, -0.1) is 0 Å². The summed E-state index contributed by atoms with van der Waals surface area (Å²) in [5.41, 5.74) is 1.76. The van der Waals surface area contributed by atoms with E-state index in [1.54, 1.807) is 25.1 Å². The number of aliphatic hydroxyl groups is 1. The average Bonchev–Trinajstić information content (AvgIpc) is 2.37. The van der Waals surface area contributed by atoms with Crippen molar-refractivity contribution >= 4 is 17.6 Å². The first kappa shape index (κ1) is 14.2. The van der Waals surface area contributed by atoms with Gasteiger partial charge in [0, 0.05) is 18.7 Å². The summed E-state index contributed by atoms with van der Waals surface area (Å²) in [7, 11) is 1.31. The molecule has 1 rings (SSSR count). The van der Waals surface area contributed by atoms with Gasteiger partial charge in [0.15, 0.2) is 0 Å². The first-order valence-corrected chi connectivity index (χ1v) is 5.68. The van der Waals surface area contributed by atoms with E-state index in [4.69, 9.17) is 5.11 Å². The van der Waals surface area contributed by atoms with Crippen molar-refractivity contribution < 1.29 is 19.4 Å². The Morgan fingerprint density at radius 1 is 1.39 bits per heavy atom. The van der Waals surface area contributed by atoms with Crippen LogP contribution in [-0.4, -0.2) is 30.7 Å². The van der Waals surface area contributed by atoms with Crippen molar-refractivity contribution in [3.05, 3.63) is 29.3 Å². The van der Waals surface area contributed by atoms with Crippen LogP contribution in [0.2, 0.25) is 0 Å². The number of nitrogens with one attached hydrogen (secondary N) is 1. The molecule has 0 aliphatic rings. The van der Waals surface area contributed by atoms with Crippen molar-refractivity contribution in [2.45, 2.75) is 19.8 Å². The maximum Gasteiger partial charge on any atom is 0.338 e. The van der Waals surface area contributed by atoms with Gasteiger partial charge < -0.3 is 15.2 Å². The Morgan fingerprint density at radius 3 is 2.72 bits per heavy atom. The summed E-state index contributed by atoms with van der Waals surface area (Å²) in [5, 5.41) is 11.3. The minimum absolute atomic E-state index is 0.0191. The number of benzene rings is 1. The Morgan fingerprint density at radius 2 is 2.11 bits per heavy atom. The van der Waals surface area contributed by atoms with Crippen LogP contribution in [0.15, 0.2) is 18.2 Å². The van der Waals surface area contributed by atoms with Crippen LogP contribution in [0.1, 0.15) is 28.8 Å². The van der Waals surface area contributed by atoms with Crippen molar-refractivity contribution in [2.24, 2.45) is 0 Å². The van der Waals surface area contributed by atoms with Crippen LogP contribution >= 0.6 is 0 Å². The highest BCUT2D eigenvalue weighted by atomic mass is 16.5. The highest BCUT2D eigenvalue weighted by Crippen LogP contribution is 2.16. The van der Waals surface area contributed by atoms with Gasteiger partial charge in [0.2, 0.25) is 5.91 Å². The summed E-state index contributed by atoms with van der Waals surface area (Å²) in [6.45, 7) is 1.78. The quantitative estimate of drug-likeness (QED) is 0.777. The fourth-order valence-corrected chi connectivity index (χ4v) is 1.49. The lowest BCUT2D eigenvalue weighted by Gasteiger charge is -2.08. The van der Waals surface area contributed by atoms with Crippen molar-refractivity contribution in [2.75, 3.05) is 19.0 Å². The molecular weight excluding hydrogens is 234 g/mol. The molecule has 0 saturated carbocycles. The minimum atomic E-state index is -0.432. The van der Waals surface area contributed by atoms with E-state index in [-0.39, 0.29) is 18.9 Å². The number of carbonyl (C=O) groups excluding carboxylic acids is 2. The van der Waals surface area contributed by atoms with Crippen LogP contribution in [-0.2, 0) is 9.53 Å². The topological polar surface area (TPSA) is 75.6 Å². The summed E-state index contributed by atoms with van der Waals surface area (Å²) in [4.78, 5) is 22.9. The standard InChI is InChI=1S/C13H17NO4/c1-9-5-6-10(8-11(9)13(17)18-2)14-12(16)4-3-7-15/h5-6,8,15H,3-4,7H2,1-2H3,(H,14,16). The molecule has 0 radical (unpaired) electrons. The Kier molecular flexibility index (Phi) is 5.32. The molecule has 0 heterocycles. The first-order chi connectivity index (χ1) is 8.58. The second-order valence-corrected chi connectivity index (χ2v) is 3.90. The van der Waals surface area contributed by atoms with Gasteiger partial charge in [-0.3, -0.25) is 4.79 Å². The molecule has 1 aromatic carbocycles. The summed E-state index contributed by atoms with van der Waals surface area (Å²) in [6, 6.07) is 5.05. The molecule has 0 saturated heterocycles. The number of hydrogen-bond acceptors (Lipinski definition) is 4. The lowest BCUT2D eigenvalue weighted by atomic mass is 10.1. The van der Waals surface area contributed by atoms with E-state index in [2.05, 4.69) is 10.1 Å². The zero-order chi connectivity index (χ0) is 13.5. The van der Waals surface area contributed by atoms with E-state index >= 15 is 0 Å². The van der Waals surface area contributed by atoms with Gasteiger partial charge in [-0.2, -0.15) is 0 Å². The maximum atomic E-state index is 11.5. The number of anilines is 1. The molecular formula is C13H17NO4. The number of hydrogen-bond donors (Lipinski definition) is 2. The Labute approximate surface area is 106 Å². The van der Waals surface area contributed by atoms with Crippen molar-refractivity contribution in [1.82, 2.24) is 0 Å². The molecule has 0 atom stereocenters. The van der Waals surface area contributed by atoms with E-state index in [1.165, 1.54) is 7.11 Å². The third-order valence-corrected chi connectivity index (χ3v) is 2.49. The second-order valence-electron chi connectivity index (χ2n) is 3.90. The van der Waals surface area contributed by atoms with E-state index in [0.717, 1.165) is 5.56 Å². The molecule has 18 heavy (non-hydrogen) atoms. The second kappa shape index (κ2) is 6.76. The van der Waals surface area contributed by atoms with E-state index in [1.807, 2.05) is 0 Å². The third-order valence-electron chi connectivity index (χ3n) is 2.49. The molecule has 0 bridgehead atoms. The molecule has 0 fully saturated rings. The predicted octanol–water partition coefficient (Wildman–Crippen LogP) is 1.49. The number of esters is 1. The first-order valence-electron chi connectivity index (χ1n) is 5.68. The number of aliphatic hydroxyl groups excluding tert-OH is 1. The monoisotopic (exact) mass is 251 g/mol. The number of aryl methyl sites for hydroxylation is 1. The van der Waals surface area contributed by atoms with Gasteiger partial charge in [0.25, 0.3) is 0 Å². The summed E-state index contributed by atoms with van der Waals surface area (Å²) in [5.74, 6) is -0.623. The molecule has 5 heteroatoms. The number of carbonyl (C=O) groups is 2. The summed E-state index contributed by atoms with van der Waals surface area (Å²) in [6.07, 6.45) is 0.666. The lowest BCUT2D eigenvalue weighted by Crippen LogP contribution is -2.13. The molecule has 0 aromatic heterocycles. The molecule has 5 nitrogen and oxygen atoms in total. The molecule has 0 spiro atoms. The van der Waals surface area contributed by atoms with Gasteiger partial charge in [-0.05, 0) is 31.0 Å². The molecule has 1 amide bonds. The van der Waals surface area contributed by atoms with Gasteiger partial charge in [-0.25, -0.2) is 4.79 Å². The average molecular weight is 251 g/mol. The molecule has 0 aliphatic heterocycles. The Hall–Kier alpha value is -1.88. The lowest BCUT2D eigenvalue weighted by molar-refractivity contribution is -0.116. The van der Waals surface area contributed by atoms with Crippen molar-refractivity contribution in [3.63, 3.8) is 0 Å². The van der Waals surface area contributed by atoms with E-state index in [9.17, 15) is 9.59 Å². The molecule has 0 unspecified atom stereocenters. The van der Waals surface area contributed by atoms with Crippen molar-refractivity contribution in [3.8, 4) is 0 Å². The van der Waals surface area contributed by atoms with Crippen LogP contribution in [0.5, 0.6) is 0 Å². The predicted molar refractivity (Wildman–Crippen MR) is 67.5 cm³/mol. The number of rotatable bonds is 5. The van der Waals surface area contributed by atoms with Crippen LogP contribution in [0.4, 0.5) is 5.69 Å². The van der Waals surface area contributed by atoms with Crippen molar-refractivity contribution in [1.29, 1.82) is 0 Å². The summed E-state index contributed by atoms with van der Waals surface area (Å²) >= 11 is 0. The Balaban J connectivity index is 2.79. The van der Waals surface area contributed by atoms with Gasteiger partial charge in [0.1, 0.15) is 0 Å². The fraction of sp³-hybridized carbons (Fsp3) is 0.385. The number of amides is 1. The van der Waals surface area contributed by atoms with Crippen LogP contribution in [0.25, 0.3) is 0 Å². The van der Waals surface area contributed by atoms with Crippen LogP contribution < -0.4 is 5.32 Å². The Bertz CT molecular complexity index is 443. The maximum absolute atomic E-state index is 11.5. The molecule has 98 valence electrons. The SMILES string of the molecule is COC(=O)c1cc(NC(=O)CCCO)ccc1C. The van der Waals surface area contributed by atoms with Gasteiger partial charge >= 0.3 is 5.97 Å². The van der Waals surface area contributed by atoms with E-state index in [0.29, 0.717) is 17.7 Å². The van der Waals surface area contributed by atoms with Gasteiger partial charge in [-0.1, -0.05) is 6.07 Å². The molecule has 0 aliphatic carbocycles. The smallest absolute Gasteiger partial charge is 0.338 e. The number of methoxy groups -OCH3 is 1.